The fourth-order valence-corrected chi connectivity index (χ4v) is 2.57. The summed E-state index contributed by atoms with van der Waals surface area (Å²) in [6, 6.07) is 2.49. The van der Waals surface area contributed by atoms with Gasteiger partial charge in [-0.05, 0) is 50.8 Å². The molecule has 84 valence electrons. The van der Waals surface area contributed by atoms with Gasteiger partial charge in [-0.15, -0.1) is 0 Å². The Bertz CT molecular complexity index is 339. The number of aromatic nitrogens is 1. The summed E-state index contributed by atoms with van der Waals surface area (Å²) in [6.07, 6.45) is 1.82. The van der Waals surface area contributed by atoms with E-state index in [4.69, 9.17) is 0 Å². The lowest BCUT2D eigenvalue weighted by atomic mass is 10.1. The molecule has 0 aliphatic rings. The molecule has 0 amide bonds. The Morgan fingerprint density at radius 1 is 1.27 bits per heavy atom. The van der Waals surface area contributed by atoms with E-state index in [0.29, 0.717) is 12.0 Å². The van der Waals surface area contributed by atoms with Crippen molar-refractivity contribution >= 4 is 37.7 Å². The van der Waals surface area contributed by atoms with Gasteiger partial charge >= 0.3 is 0 Å². The Morgan fingerprint density at radius 3 is 2.33 bits per heavy atom. The van der Waals surface area contributed by atoms with E-state index in [-0.39, 0.29) is 0 Å². The lowest BCUT2D eigenvalue weighted by molar-refractivity contribution is 0.502. The van der Waals surface area contributed by atoms with Crippen LogP contribution in [-0.2, 0) is 0 Å². The van der Waals surface area contributed by atoms with Crippen LogP contribution in [0.1, 0.15) is 20.8 Å². The molecule has 0 spiro atoms. The third-order valence-electron chi connectivity index (χ3n) is 2.70. The molecule has 1 rings (SSSR count). The predicted octanol–water partition coefficient (Wildman–Crippen LogP) is 4.09. The molecule has 0 aromatic carbocycles. The number of pyridine rings is 1. The van der Waals surface area contributed by atoms with Gasteiger partial charge in [-0.25, -0.2) is 4.98 Å². The SMILES string of the molecule is CC(C)C(C)N(C)c1ncc(Br)cc1Br. The molecule has 0 aliphatic carbocycles. The van der Waals surface area contributed by atoms with Crippen molar-refractivity contribution in [1.29, 1.82) is 0 Å². The van der Waals surface area contributed by atoms with E-state index in [1.165, 1.54) is 0 Å². The molecule has 1 atom stereocenters. The van der Waals surface area contributed by atoms with Gasteiger partial charge in [0.1, 0.15) is 5.82 Å². The summed E-state index contributed by atoms with van der Waals surface area (Å²) in [5.74, 6) is 1.59. The van der Waals surface area contributed by atoms with Gasteiger partial charge < -0.3 is 4.90 Å². The summed E-state index contributed by atoms with van der Waals surface area (Å²) in [6.45, 7) is 6.64. The number of nitrogens with zero attached hydrogens (tertiary/aromatic N) is 2. The molecule has 2 nitrogen and oxygen atoms in total. The summed E-state index contributed by atoms with van der Waals surface area (Å²) in [5, 5.41) is 0. The maximum absolute atomic E-state index is 4.41. The molecule has 1 unspecified atom stereocenters. The maximum atomic E-state index is 4.41. The van der Waals surface area contributed by atoms with Crippen LogP contribution in [0.15, 0.2) is 21.2 Å². The number of anilines is 1. The summed E-state index contributed by atoms with van der Waals surface area (Å²) < 4.78 is 2.01. The molecule has 0 saturated heterocycles. The predicted molar refractivity (Wildman–Crippen MR) is 72.3 cm³/mol. The molecular formula is C11H16Br2N2. The zero-order valence-corrected chi connectivity index (χ0v) is 12.6. The Balaban J connectivity index is 2.96. The van der Waals surface area contributed by atoms with Crippen molar-refractivity contribution in [1.82, 2.24) is 4.98 Å². The summed E-state index contributed by atoms with van der Waals surface area (Å²) in [4.78, 5) is 6.61. The van der Waals surface area contributed by atoms with Gasteiger partial charge in [-0.3, -0.25) is 0 Å². The van der Waals surface area contributed by atoms with Crippen LogP contribution < -0.4 is 4.90 Å². The van der Waals surface area contributed by atoms with E-state index >= 15 is 0 Å². The molecular weight excluding hydrogens is 320 g/mol. The largest absolute Gasteiger partial charge is 0.356 e. The third kappa shape index (κ3) is 3.18. The normalized spacial score (nSPS) is 13.0. The zero-order chi connectivity index (χ0) is 11.6. The second-order valence-corrected chi connectivity index (χ2v) is 5.82. The first-order chi connectivity index (χ1) is 6.93. The minimum atomic E-state index is 0.468. The molecule has 0 N–H and O–H groups in total. The topological polar surface area (TPSA) is 16.1 Å². The van der Waals surface area contributed by atoms with Gasteiger partial charge in [0.25, 0.3) is 0 Å². The first kappa shape index (κ1) is 13.0. The van der Waals surface area contributed by atoms with Crippen molar-refractivity contribution in [2.45, 2.75) is 26.8 Å². The first-order valence-corrected chi connectivity index (χ1v) is 6.56. The van der Waals surface area contributed by atoms with Crippen molar-refractivity contribution in [3.63, 3.8) is 0 Å². The Labute approximate surface area is 108 Å². The van der Waals surface area contributed by atoms with Gasteiger partial charge in [0, 0.05) is 23.8 Å². The summed E-state index contributed by atoms with van der Waals surface area (Å²) >= 11 is 6.93. The lowest BCUT2D eigenvalue weighted by Gasteiger charge is -2.29. The molecule has 0 bridgehead atoms. The lowest BCUT2D eigenvalue weighted by Crippen LogP contribution is -2.33. The fraction of sp³-hybridized carbons (Fsp3) is 0.545. The number of halogens is 2. The second kappa shape index (κ2) is 5.30. The highest BCUT2D eigenvalue weighted by atomic mass is 79.9. The molecule has 0 saturated carbocycles. The molecule has 1 heterocycles. The highest BCUT2D eigenvalue weighted by Gasteiger charge is 2.16. The maximum Gasteiger partial charge on any atom is 0.142 e. The molecule has 15 heavy (non-hydrogen) atoms. The van der Waals surface area contributed by atoms with E-state index in [2.05, 4.69) is 69.6 Å². The fourth-order valence-electron chi connectivity index (χ4n) is 1.31. The highest BCUT2D eigenvalue weighted by Crippen LogP contribution is 2.28. The summed E-state index contributed by atoms with van der Waals surface area (Å²) in [7, 11) is 2.08. The number of hydrogen-bond donors (Lipinski definition) is 0. The van der Waals surface area contributed by atoms with Crippen LogP contribution >= 0.6 is 31.9 Å². The third-order valence-corrected chi connectivity index (χ3v) is 3.72. The van der Waals surface area contributed by atoms with Crippen molar-refractivity contribution < 1.29 is 0 Å². The van der Waals surface area contributed by atoms with E-state index in [1.54, 1.807) is 0 Å². The van der Waals surface area contributed by atoms with Crippen LogP contribution in [-0.4, -0.2) is 18.1 Å². The van der Waals surface area contributed by atoms with Crippen LogP contribution in [0.4, 0.5) is 5.82 Å². The van der Waals surface area contributed by atoms with Crippen LogP contribution in [0, 0.1) is 5.92 Å². The smallest absolute Gasteiger partial charge is 0.142 e. The van der Waals surface area contributed by atoms with E-state index in [1.807, 2.05) is 12.3 Å². The van der Waals surface area contributed by atoms with Crippen molar-refractivity contribution in [2.24, 2.45) is 5.92 Å². The number of hydrogen-bond acceptors (Lipinski definition) is 2. The minimum absolute atomic E-state index is 0.468. The quantitative estimate of drug-likeness (QED) is 0.827. The van der Waals surface area contributed by atoms with Gasteiger partial charge in [0.2, 0.25) is 0 Å². The van der Waals surface area contributed by atoms with Crippen molar-refractivity contribution in [2.75, 3.05) is 11.9 Å². The second-order valence-electron chi connectivity index (χ2n) is 4.05. The summed E-state index contributed by atoms with van der Waals surface area (Å²) in [5.41, 5.74) is 0. The van der Waals surface area contributed by atoms with Gasteiger partial charge in [0.05, 0.1) is 4.47 Å². The van der Waals surface area contributed by atoms with Crippen molar-refractivity contribution in [3.8, 4) is 0 Å². The highest BCUT2D eigenvalue weighted by molar-refractivity contribution is 9.11. The van der Waals surface area contributed by atoms with E-state index in [9.17, 15) is 0 Å². The zero-order valence-electron chi connectivity index (χ0n) is 9.46. The Hall–Kier alpha value is -0.0900. The standard InChI is InChI=1S/C11H16Br2N2/c1-7(2)8(3)15(4)11-10(13)5-9(12)6-14-11/h5-8H,1-4H3. The molecule has 0 fully saturated rings. The Kier molecular flexibility index (Phi) is 4.59. The van der Waals surface area contributed by atoms with Gasteiger partial charge in [-0.2, -0.15) is 0 Å². The number of rotatable bonds is 3. The molecule has 1 aromatic heterocycles. The minimum Gasteiger partial charge on any atom is -0.356 e. The molecule has 0 aliphatic heterocycles. The molecule has 1 aromatic rings. The van der Waals surface area contributed by atoms with Crippen LogP contribution in [0.3, 0.4) is 0 Å². The van der Waals surface area contributed by atoms with Crippen LogP contribution in [0.5, 0.6) is 0 Å². The van der Waals surface area contributed by atoms with Gasteiger partial charge in [0.15, 0.2) is 0 Å². The van der Waals surface area contributed by atoms with E-state index in [0.717, 1.165) is 14.8 Å². The van der Waals surface area contributed by atoms with Gasteiger partial charge in [-0.1, -0.05) is 13.8 Å². The monoisotopic (exact) mass is 334 g/mol. The van der Waals surface area contributed by atoms with Crippen LogP contribution in [0.2, 0.25) is 0 Å². The first-order valence-electron chi connectivity index (χ1n) is 4.97. The van der Waals surface area contributed by atoms with Crippen LogP contribution in [0.25, 0.3) is 0 Å². The van der Waals surface area contributed by atoms with E-state index < -0.39 is 0 Å². The molecule has 4 heteroatoms. The Morgan fingerprint density at radius 2 is 1.87 bits per heavy atom. The molecule has 0 radical (unpaired) electrons. The average molecular weight is 336 g/mol. The average Bonchev–Trinajstić information content (AvgIpc) is 2.15. The van der Waals surface area contributed by atoms with Crippen molar-refractivity contribution in [3.05, 3.63) is 21.2 Å².